The van der Waals surface area contributed by atoms with Crippen molar-refractivity contribution in [3.63, 3.8) is 0 Å². The molecule has 1 aliphatic rings. The molecule has 0 radical (unpaired) electrons. The van der Waals surface area contributed by atoms with Crippen molar-refractivity contribution >= 4 is 29.4 Å². The number of hydrogen-bond acceptors (Lipinski definition) is 6. The maximum Gasteiger partial charge on any atom is 0.491 e. The van der Waals surface area contributed by atoms with E-state index in [1.807, 2.05) is 19.9 Å². The number of carbonyl (C=O) groups excluding carboxylic acids is 4. The van der Waals surface area contributed by atoms with Gasteiger partial charge in [0.25, 0.3) is 11.8 Å². The fraction of sp³-hybridized carbons (Fsp3) is 0.353. The van der Waals surface area contributed by atoms with Crippen LogP contribution in [0.15, 0.2) is 78.9 Å². The number of alkyl halides is 3. The third kappa shape index (κ3) is 7.78. The van der Waals surface area contributed by atoms with E-state index >= 15 is 0 Å². The van der Waals surface area contributed by atoms with Crippen LogP contribution in [0.2, 0.25) is 0 Å². The van der Waals surface area contributed by atoms with E-state index in [0.29, 0.717) is 29.8 Å². The van der Waals surface area contributed by atoms with Crippen molar-refractivity contribution in [2.75, 3.05) is 11.4 Å². The second kappa shape index (κ2) is 14.5. The molecule has 3 aromatic carbocycles. The third-order valence-electron chi connectivity index (χ3n) is 7.65. The summed E-state index contributed by atoms with van der Waals surface area (Å²) < 4.78 is 43.1. The molecule has 0 aromatic heterocycles. The van der Waals surface area contributed by atoms with Gasteiger partial charge in [-0.3, -0.25) is 14.4 Å². The van der Waals surface area contributed by atoms with Crippen LogP contribution in [0.1, 0.15) is 78.7 Å². The topological polar surface area (TPSA) is 110 Å². The van der Waals surface area contributed by atoms with Crippen LogP contribution in [0.4, 0.5) is 18.9 Å². The van der Waals surface area contributed by atoms with Crippen molar-refractivity contribution in [3.05, 3.63) is 101 Å². The van der Waals surface area contributed by atoms with E-state index < -0.39 is 48.4 Å². The van der Waals surface area contributed by atoms with Crippen LogP contribution in [0.5, 0.6) is 0 Å². The molecule has 238 valence electrons. The van der Waals surface area contributed by atoms with Gasteiger partial charge in [-0.2, -0.15) is 13.2 Å². The molecule has 0 spiro atoms. The van der Waals surface area contributed by atoms with Gasteiger partial charge in [-0.25, -0.2) is 4.79 Å². The zero-order valence-electron chi connectivity index (χ0n) is 25.1. The first kappa shape index (κ1) is 33.4. The average Bonchev–Trinajstić information content (AvgIpc) is 3.10. The number of hydrogen-bond donors (Lipinski definition) is 1. The number of nitrogens with two attached hydrogens (primary N) is 1. The fourth-order valence-electron chi connectivity index (χ4n) is 5.60. The predicted molar refractivity (Wildman–Crippen MR) is 162 cm³/mol. The van der Waals surface area contributed by atoms with Crippen LogP contribution in [-0.4, -0.2) is 47.4 Å². The number of aryl methyl sites for hydroxylation is 1. The Kier molecular flexibility index (Phi) is 10.8. The summed E-state index contributed by atoms with van der Waals surface area (Å²) in [5.41, 5.74) is 7.90. The number of fused-ring (bicyclic) bond motifs is 1. The number of nitrogens with zero attached hydrogens (tertiary/aromatic N) is 2. The molecule has 3 aromatic rings. The molecule has 2 N–H and O–H groups in total. The van der Waals surface area contributed by atoms with Gasteiger partial charge in [0.2, 0.25) is 0 Å². The second-order valence-corrected chi connectivity index (χ2v) is 11.2. The number of ether oxygens (including phenoxy) is 1. The molecular formula is C34H36F3N3O5. The molecule has 1 heterocycles. The molecule has 1 aliphatic heterocycles. The Morgan fingerprint density at radius 2 is 1.56 bits per heavy atom. The number of rotatable bonds is 11. The van der Waals surface area contributed by atoms with Gasteiger partial charge < -0.3 is 20.3 Å². The van der Waals surface area contributed by atoms with Crippen LogP contribution in [0.3, 0.4) is 0 Å². The van der Waals surface area contributed by atoms with Gasteiger partial charge in [0.1, 0.15) is 6.04 Å². The van der Waals surface area contributed by atoms with Gasteiger partial charge in [-0.15, -0.1) is 0 Å². The monoisotopic (exact) mass is 623 g/mol. The summed E-state index contributed by atoms with van der Waals surface area (Å²) in [4.78, 5) is 56.6. The smallest absolute Gasteiger partial charge is 0.386 e. The van der Waals surface area contributed by atoms with E-state index in [1.165, 1.54) is 9.80 Å². The van der Waals surface area contributed by atoms with E-state index in [-0.39, 0.29) is 11.6 Å². The van der Waals surface area contributed by atoms with Crippen LogP contribution in [0, 0.1) is 0 Å². The van der Waals surface area contributed by atoms with Gasteiger partial charge in [0, 0.05) is 6.04 Å². The Morgan fingerprint density at radius 3 is 2.16 bits per heavy atom. The normalized spacial score (nSPS) is 15.9. The Bertz CT molecular complexity index is 1510. The van der Waals surface area contributed by atoms with E-state index in [1.54, 1.807) is 72.8 Å². The number of amides is 2. The molecule has 0 aliphatic carbocycles. The summed E-state index contributed by atoms with van der Waals surface area (Å²) in [6.45, 7) is 4.21. The number of carbonyl (C=O) groups is 4. The van der Waals surface area contributed by atoms with Crippen molar-refractivity contribution < 1.29 is 37.1 Å². The van der Waals surface area contributed by atoms with E-state index in [0.717, 1.165) is 24.8 Å². The average molecular weight is 624 g/mol. The quantitative estimate of drug-likeness (QED) is 0.158. The highest BCUT2D eigenvalue weighted by molar-refractivity contribution is 6.11. The first-order chi connectivity index (χ1) is 21.4. The van der Waals surface area contributed by atoms with Crippen molar-refractivity contribution in [2.24, 2.45) is 5.73 Å². The third-order valence-corrected chi connectivity index (χ3v) is 7.65. The lowest BCUT2D eigenvalue weighted by atomic mass is 9.95. The summed E-state index contributed by atoms with van der Waals surface area (Å²) in [5.74, 6) is -5.20. The number of halogens is 3. The molecule has 0 saturated carbocycles. The summed E-state index contributed by atoms with van der Waals surface area (Å²) >= 11 is 0. The molecule has 45 heavy (non-hydrogen) atoms. The largest absolute Gasteiger partial charge is 0.491 e. The maximum absolute atomic E-state index is 14.8. The lowest BCUT2D eigenvalue weighted by Gasteiger charge is -2.37. The summed E-state index contributed by atoms with van der Waals surface area (Å²) in [5, 5.41) is 0. The standard InChI is InChI=1S/C34H36F3N3O5/c1-22(2)39-27-18-17-23(12-6-5-11-19-38)20-26(27)31(42)40(30(32(39)43)25-15-9-4-10-16-25)28(24-13-7-3-8-14-24)21-29(41)45-33(44)34(35,36)37/h3-4,7-10,13-18,20,22,28,30H,5-6,11-12,19,21,38H2,1-2H3. The Labute approximate surface area is 259 Å². The van der Waals surface area contributed by atoms with Crippen molar-refractivity contribution in [3.8, 4) is 0 Å². The van der Waals surface area contributed by atoms with Crippen LogP contribution >= 0.6 is 0 Å². The minimum absolute atomic E-state index is 0.215. The van der Waals surface area contributed by atoms with E-state index in [4.69, 9.17) is 5.73 Å². The molecule has 2 unspecified atom stereocenters. The zero-order chi connectivity index (χ0) is 32.7. The summed E-state index contributed by atoms with van der Waals surface area (Å²) in [6, 6.07) is 19.1. The van der Waals surface area contributed by atoms with E-state index in [9.17, 15) is 32.3 Å². The number of benzene rings is 3. The Balaban J connectivity index is 1.90. The lowest BCUT2D eigenvalue weighted by molar-refractivity contribution is -0.202. The fourth-order valence-corrected chi connectivity index (χ4v) is 5.60. The number of unbranched alkanes of at least 4 members (excludes halogenated alkanes) is 2. The number of esters is 2. The molecule has 0 bridgehead atoms. The Hall–Kier alpha value is -4.51. The summed E-state index contributed by atoms with van der Waals surface area (Å²) in [6.07, 6.45) is -2.96. The molecule has 0 fully saturated rings. The highest BCUT2D eigenvalue weighted by Gasteiger charge is 2.47. The van der Waals surface area contributed by atoms with Gasteiger partial charge in [-0.05, 0) is 68.5 Å². The predicted octanol–water partition coefficient (Wildman–Crippen LogP) is 6.06. The van der Waals surface area contributed by atoms with Gasteiger partial charge in [-0.1, -0.05) is 73.2 Å². The van der Waals surface area contributed by atoms with Crippen LogP contribution < -0.4 is 10.6 Å². The number of anilines is 1. The van der Waals surface area contributed by atoms with Crippen LogP contribution in [0.25, 0.3) is 0 Å². The van der Waals surface area contributed by atoms with Gasteiger partial charge in [0.05, 0.1) is 23.7 Å². The Morgan fingerprint density at radius 1 is 0.911 bits per heavy atom. The first-order valence-corrected chi connectivity index (χ1v) is 14.8. The van der Waals surface area contributed by atoms with Crippen molar-refractivity contribution in [1.29, 1.82) is 0 Å². The minimum Gasteiger partial charge on any atom is -0.386 e. The first-order valence-electron chi connectivity index (χ1n) is 14.8. The molecule has 11 heteroatoms. The van der Waals surface area contributed by atoms with Crippen molar-refractivity contribution in [2.45, 2.75) is 70.3 Å². The molecule has 0 saturated heterocycles. The molecular weight excluding hydrogens is 587 g/mol. The zero-order valence-corrected chi connectivity index (χ0v) is 25.1. The van der Waals surface area contributed by atoms with Crippen molar-refractivity contribution in [1.82, 2.24) is 4.90 Å². The minimum atomic E-state index is -5.39. The molecule has 4 rings (SSSR count). The SMILES string of the molecule is CC(C)N1C(=O)C(c2ccccc2)N(C(CC(=O)OC(=O)C(F)(F)F)c2ccccc2)C(=O)c2cc(CCCCCN)ccc21. The second-order valence-electron chi connectivity index (χ2n) is 11.2. The highest BCUT2D eigenvalue weighted by Crippen LogP contribution is 2.42. The maximum atomic E-state index is 14.8. The van der Waals surface area contributed by atoms with Gasteiger partial charge >= 0.3 is 18.1 Å². The summed E-state index contributed by atoms with van der Waals surface area (Å²) in [7, 11) is 0. The lowest BCUT2D eigenvalue weighted by Crippen LogP contribution is -2.46. The molecule has 2 amide bonds. The van der Waals surface area contributed by atoms with E-state index in [2.05, 4.69) is 4.74 Å². The van der Waals surface area contributed by atoms with Gasteiger partial charge in [0.15, 0.2) is 0 Å². The van der Waals surface area contributed by atoms with Crippen LogP contribution in [-0.2, 0) is 25.5 Å². The highest BCUT2D eigenvalue weighted by atomic mass is 19.4. The molecule has 2 atom stereocenters. The molecule has 8 nitrogen and oxygen atoms in total.